The van der Waals surface area contributed by atoms with Crippen molar-refractivity contribution >= 4 is 61.1 Å². The molecule has 9 aromatic rings. The zero-order chi connectivity index (χ0) is 29.9. The van der Waals surface area contributed by atoms with Crippen molar-refractivity contribution in [2.45, 2.75) is 0 Å². The van der Waals surface area contributed by atoms with Crippen molar-refractivity contribution in [3.8, 4) is 17.2 Å². The molecule has 0 aliphatic carbocycles. The van der Waals surface area contributed by atoms with E-state index in [-0.39, 0.29) is 0 Å². The summed E-state index contributed by atoms with van der Waals surface area (Å²) in [5.41, 5.74) is 8.74. The highest BCUT2D eigenvalue weighted by atomic mass is 16.3. The minimum Gasteiger partial charge on any atom is -0.450 e. The van der Waals surface area contributed by atoms with Crippen molar-refractivity contribution in [2.75, 3.05) is 4.90 Å². The summed E-state index contributed by atoms with van der Waals surface area (Å²) in [6, 6.07) is 35.3. The second kappa shape index (κ2) is 9.89. The largest absolute Gasteiger partial charge is 0.450 e. The summed E-state index contributed by atoms with van der Waals surface area (Å²) in [4.78, 5) is 20.9. The monoisotopic (exact) mass is 583 g/mol. The van der Waals surface area contributed by atoms with Crippen LogP contribution in [0.3, 0.4) is 0 Å². The van der Waals surface area contributed by atoms with Crippen LogP contribution < -0.4 is 4.90 Å². The maximum atomic E-state index is 6.46. The summed E-state index contributed by atoms with van der Waals surface area (Å²) in [7, 11) is 2.00. The number of anilines is 3. The van der Waals surface area contributed by atoms with Crippen LogP contribution >= 0.6 is 0 Å². The summed E-state index contributed by atoms with van der Waals surface area (Å²) >= 11 is 0. The third-order valence-electron chi connectivity index (χ3n) is 8.31. The Balaban J connectivity index is 1.34. The first-order valence-electron chi connectivity index (χ1n) is 14.7. The van der Waals surface area contributed by atoms with Crippen molar-refractivity contribution in [3.63, 3.8) is 0 Å². The highest BCUT2D eigenvalue weighted by molar-refractivity contribution is 6.11. The van der Waals surface area contributed by atoms with Crippen LogP contribution in [0.15, 0.2) is 139 Å². The molecule has 8 nitrogen and oxygen atoms in total. The lowest BCUT2D eigenvalue weighted by Crippen LogP contribution is -2.11. The summed E-state index contributed by atoms with van der Waals surface area (Å²) in [6.45, 7) is 0. The van der Waals surface area contributed by atoms with E-state index in [2.05, 4.69) is 86.2 Å². The number of para-hydroxylation sites is 1. The van der Waals surface area contributed by atoms with Gasteiger partial charge in [-0.15, -0.1) is 0 Å². The van der Waals surface area contributed by atoms with E-state index < -0.39 is 0 Å². The van der Waals surface area contributed by atoms with Gasteiger partial charge in [0.25, 0.3) is 0 Å². The normalized spacial score (nSPS) is 11.7. The Kier molecular flexibility index (Phi) is 5.55. The van der Waals surface area contributed by atoms with Gasteiger partial charge in [0.05, 0.1) is 16.7 Å². The molecule has 0 N–H and O–H groups in total. The van der Waals surface area contributed by atoms with Gasteiger partial charge in [-0.05, 0) is 60.7 Å². The van der Waals surface area contributed by atoms with Gasteiger partial charge in [-0.25, -0.2) is 9.97 Å². The fraction of sp³-hybridized carbons (Fsp3) is 0.0270. The van der Waals surface area contributed by atoms with Gasteiger partial charge < -0.3 is 13.9 Å². The van der Waals surface area contributed by atoms with Gasteiger partial charge in [0, 0.05) is 65.7 Å². The van der Waals surface area contributed by atoms with E-state index >= 15 is 0 Å². The van der Waals surface area contributed by atoms with Crippen LogP contribution in [0.2, 0.25) is 0 Å². The fourth-order valence-corrected chi connectivity index (χ4v) is 6.33. The third-order valence-corrected chi connectivity index (χ3v) is 8.31. The number of hydrogen-bond donors (Lipinski definition) is 0. The number of aryl methyl sites for hydroxylation is 1. The van der Waals surface area contributed by atoms with Crippen molar-refractivity contribution in [2.24, 2.45) is 7.05 Å². The molecule has 0 saturated heterocycles. The van der Waals surface area contributed by atoms with Gasteiger partial charge in [0.1, 0.15) is 22.7 Å². The van der Waals surface area contributed by atoms with Crippen LogP contribution in [0.1, 0.15) is 0 Å². The molecule has 0 unspecified atom stereocenters. The molecule has 0 amide bonds. The molecular weight excluding hydrogens is 558 g/mol. The molecule has 45 heavy (non-hydrogen) atoms. The van der Waals surface area contributed by atoms with Crippen molar-refractivity contribution in [1.82, 2.24) is 29.1 Å². The first-order chi connectivity index (χ1) is 22.2. The predicted octanol–water partition coefficient (Wildman–Crippen LogP) is 8.74. The topological polar surface area (TPSA) is 77.8 Å². The first-order valence-corrected chi connectivity index (χ1v) is 14.7. The minimum atomic E-state index is 0.666. The molecule has 0 bridgehead atoms. The Labute approximate surface area is 257 Å². The maximum Gasteiger partial charge on any atom is 0.179 e. The SMILES string of the molecule is Cn1ccnc1-c1cccc(N(c2ccc3c4ccccc4n(-c4ccccn4)c3c2)c2ccnc3c2oc2cccnc23)c1. The quantitative estimate of drug-likeness (QED) is 0.202. The van der Waals surface area contributed by atoms with Gasteiger partial charge in [0.15, 0.2) is 11.2 Å². The van der Waals surface area contributed by atoms with E-state index in [9.17, 15) is 0 Å². The third kappa shape index (κ3) is 3.93. The summed E-state index contributed by atoms with van der Waals surface area (Å²) < 4.78 is 10.7. The number of fused-ring (bicyclic) bond motifs is 6. The van der Waals surface area contributed by atoms with E-state index in [0.29, 0.717) is 11.2 Å². The highest BCUT2D eigenvalue weighted by Gasteiger charge is 2.23. The molecule has 0 aliphatic rings. The van der Waals surface area contributed by atoms with Crippen molar-refractivity contribution in [3.05, 3.63) is 134 Å². The van der Waals surface area contributed by atoms with Crippen LogP contribution in [0.4, 0.5) is 17.1 Å². The molecule has 0 fully saturated rings. The summed E-state index contributed by atoms with van der Waals surface area (Å²) in [5, 5.41) is 2.32. The second-order valence-electron chi connectivity index (χ2n) is 10.9. The van der Waals surface area contributed by atoms with Crippen molar-refractivity contribution in [1.29, 1.82) is 0 Å². The lowest BCUT2D eigenvalue weighted by molar-refractivity contribution is 0.667. The number of furan rings is 1. The number of nitrogens with zero attached hydrogens (tertiary/aromatic N) is 7. The van der Waals surface area contributed by atoms with Crippen LogP contribution in [-0.4, -0.2) is 29.1 Å². The van der Waals surface area contributed by atoms with E-state index in [1.807, 2.05) is 72.8 Å². The molecule has 0 saturated carbocycles. The molecule has 0 atom stereocenters. The van der Waals surface area contributed by atoms with Crippen LogP contribution in [0.5, 0.6) is 0 Å². The number of imidazole rings is 1. The Morgan fingerprint density at radius 1 is 0.622 bits per heavy atom. The molecule has 0 aliphatic heterocycles. The Morgan fingerprint density at radius 2 is 1.47 bits per heavy atom. The fourth-order valence-electron chi connectivity index (χ4n) is 6.33. The van der Waals surface area contributed by atoms with Gasteiger partial charge >= 0.3 is 0 Å². The molecule has 0 radical (unpaired) electrons. The zero-order valence-corrected chi connectivity index (χ0v) is 24.2. The first kappa shape index (κ1) is 25.2. The number of rotatable bonds is 5. The Morgan fingerprint density at radius 3 is 2.36 bits per heavy atom. The van der Waals surface area contributed by atoms with Crippen molar-refractivity contribution < 1.29 is 4.42 Å². The average molecular weight is 584 g/mol. The molecule has 6 heterocycles. The molecule has 9 rings (SSSR count). The number of pyridine rings is 3. The van der Waals surface area contributed by atoms with E-state index in [4.69, 9.17) is 14.4 Å². The predicted molar refractivity (Wildman–Crippen MR) is 178 cm³/mol. The van der Waals surface area contributed by atoms with E-state index in [1.165, 1.54) is 5.39 Å². The number of benzene rings is 3. The van der Waals surface area contributed by atoms with E-state index in [0.717, 1.165) is 61.7 Å². The number of aromatic nitrogens is 6. The summed E-state index contributed by atoms with van der Waals surface area (Å²) in [5.74, 6) is 1.74. The van der Waals surface area contributed by atoms with Crippen LogP contribution in [0, 0.1) is 0 Å². The molecular formula is C37H25N7O. The lowest BCUT2D eigenvalue weighted by atomic mass is 10.1. The molecule has 6 aromatic heterocycles. The summed E-state index contributed by atoms with van der Waals surface area (Å²) in [6.07, 6.45) is 9.19. The molecule has 3 aromatic carbocycles. The Hall–Kier alpha value is -6.28. The highest BCUT2D eigenvalue weighted by Crippen LogP contribution is 2.43. The zero-order valence-electron chi connectivity index (χ0n) is 24.2. The Bertz CT molecular complexity index is 2530. The van der Waals surface area contributed by atoms with Crippen LogP contribution in [-0.2, 0) is 7.05 Å². The minimum absolute atomic E-state index is 0.666. The van der Waals surface area contributed by atoms with E-state index in [1.54, 1.807) is 6.20 Å². The smallest absolute Gasteiger partial charge is 0.179 e. The van der Waals surface area contributed by atoms with Gasteiger partial charge in [-0.2, -0.15) is 0 Å². The lowest BCUT2D eigenvalue weighted by Gasteiger charge is -2.26. The second-order valence-corrected chi connectivity index (χ2v) is 10.9. The molecule has 8 heteroatoms. The average Bonchev–Trinajstić information content (AvgIpc) is 3.79. The molecule has 214 valence electrons. The number of hydrogen-bond acceptors (Lipinski definition) is 6. The van der Waals surface area contributed by atoms with Gasteiger partial charge in [0.2, 0.25) is 0 Å². The molecule has 0 spiro atoms. The van der Waals surface area contributed by atoms with Gasteiger partial charge in [-0.1, -0.05) is 42.5 Å². The van der Waals surface area contributed by atoms with Crippen LogP contribution in [0.25, 0.3) is 61.2 Å². The maximum absolute atomic E-state index is 6.46. The van der Waals surface area contributed by atoms with Gasteiger partial charge in [-0.3, -0.25) is 14.5 Å². The standard InChI is InChI=1S/C37H25N7O/c1-42-21-20-41-37(42)24-8-6-9-25(22-24)43(30-16-19-40-35-34-32(45-36(30)35)12-7-18-39-34)26-14-15-28-27-10-2-3-11-29(27)44(31(28)23-26)33-13-4-5-17-38-33/h2-23H,1H3.